The van der Waals surface area contributed by atoms with Crippen LogP contribution in [0.5, 0.6) is 5.75 Å². The number of hydrogen-bond donors (Lipinski definition) is 1. The van der Waals surface area contributed by atoms with E-state index in [4.69, 9.17) is 4.74 Å². The highest BCUT2D eigenvalue weighted by molar-refractivity contribution is 7.10. The molecular weight excluding hydrogens is 254 g/mol. The highest BCUT2D eigenvalue weighted by Crippen LogP contribution is 2.35. The Morgan fingerprint density at radius 3 is 2.74 bits per heavy atom. The number of rotatable bonds is 5. The average molecular weight is 275 g/mol. The third kappa shape index (κ3) is 2.82. The number of aryl methyl sites for hydroxylation is 2. The second-order valence-electron chi connectivity index (χ2n) is 4.63. The van der Waals surface area contributed by atoms with Crippen LogP contribution in [0.4, 0.5) is 0 Å². The van der Waals surface area contributed by atoms with Gasteiger partial charge in [0.2, 0.25) is 0 Å². The molecule has 0 amide bonds. The minimum Gasteiger partial charge on any atom is -0.496 e. The molecule has 0 saturated heterocycles. The molecule has 1 aromatic heterocycles. The molecule has 1 unspecified atom stereocenters. The summed E-state index contributed by atoms with van der Waals surface area (Å²) >= 11 is 1.81. The van der Waals surface area contributed by atoms with Crippen LogP contribution >= 0.6 is 11.3 Å². The first-order valence-corrected chi connectivity index (χ1v) is 7.47. The third-order valence-electron chi connectivity index (χ3n) is 3.41. The first-order chi connectivity index (χ1) is 9.21. The molecule has 3 heteroatoms. The first kappa shape index (κ1) is 14.1. The third-order valence-corrected chi connectivity index (χ3v) is 4.43. The van der Waals surface area contributed by atoms with Crippen LogP contribution in [0.3, 0.4) is 0 Å². The Morgan fingerprint density at radius 1 is 1.32 bits per heavy atom. The lowest BCUT2D eigenvalue weighted by Crippen LogP contribution is -2.18. The first-order valence-electron chi connectivity index (χ1n) is 6.59. The maximum Gasteiger partial charge on any atom is 0.124 e. The van der Waals surface area contributed by atoms with Crippen molar-refractivity contribution in [3.63, 3.8) is 0 Å². The van der Waals surface area contributed by atoms with Gasteiger partial charge in [-0.2, -0.15) is 0 Å². The molecule has 2 nitrogen and oxygen atoms in total. The van der Waals surface area contributed by atoms with Gasteiger partial charge in [-0.05, 0) is 43.5 Å². The van der Waals surface area contributed by atoms with E-state index in [0.717, 1.165) is 12.2 Å². The van der Waals surface area contributed by atoms with Crippen molar-refractivity contribution in [2.45, 2.75) is 26.3 Å². The van der Waals surface area contributed by atoms with Crippen molar-refractivity contribution in [3.8, 4) is 5.75 Å². The summed E-state index contributed by atoms with van der Waals surface area (Å²) < 4.78 is 5.52. The Morgan fingerprint density at radius 2 is 2.11 bits per heavy atom. The van der Waals surface area contributed by atoms with Crippen LogP contribution in [-0.4, -0.2) is 14.2 Å². The zero-order chi connectivity index (χ0) is 13.8. The van der Waals surface area contributed by atoms with Crippen molar-refractivity contribution in [3.05, 3.63) is 51.2 Å². The van der Waals surface area contributed by atoms with Gasteiger partial charge in [-0.3, -0.25) is 0 Å². The molecule has 0 bridgehead atoms. The van der Waals surface area contributed by atoms with Gasteiger partial charge < -0.3 is 10.1 Å². The molecule has 1 aromatic carbocycles. The maximum atomic E-state index is 5.52. The van der Waals surface area contributed by atoms with E-state index in [9.17, 15) is 0 Å². The van der Waals surface area contributed by atoms with Gasteiger partial charge in [0.05, 0.1) is 13.2 Å². The Kier molecular flexibility index (Phi) is 4.61. The van der Waals surface area contributed by atoms with Crippen LogP contribution in [0.15, 0.2) is 29.6 Å². The molecule has 0 radical (unpaired) electrons. The van der Waals surface area contributed by atoms with Crippen LogP contribution in [0.25, 0.3) is 0 Å². The summed E-state index contributed by atoms with van der Waals surface area (Å²) in [6.45, 7) is 4.32. The van der Waals surface area contributed by atoms with E-state index in [1.165, 1.54) is 21.6 Å². The van der Waals surface area contributed by atoms with E-state index in [-0.39, 0.29) is 6.04 Å². The molecule has 0 spiro atoms. The van der Waals surface area contributed by atoms with Crippen molar-refractivity contribution in [2.24, 2.45) is 0 Å². The van der Waals surface area contributed by atoms with Gasteiger partial charge in [0.15, 0.2) is 0 Å². The minimum absolute atomic E-state index is 0.199. The van der Waals surface area contributed by atoms with Crippen molar-refractivity contribution < 1.29 is 4.74 Å². The monoisotopic (exact) mass is 275 g/mol. The van der Waals surface area contributed by atoms with E-state index in [0.29, 0.717) is 0 Å². The molecule has 1 N–H and O–H groups in total. The van der Waals surface area contributed by atoms with Gasteiger partial charge in [-0.25, -0.2) is 0 Å². The maximum absolute atomic E-state index is 5.52. The lowest BCUT2D eigenvalue weighted by atomic mass is 9.99. The molecule has 0 aliphatic carbocycles. The molecule has 0 aliphatic heterocycles. The van der Waals surface area contributed by atoms with E-state index in [2.05, 4.69) is 42.7 Å². The van der Waals surface area contributed by atoms with Crippen molar-refractivity contribution in [1.82, 2.24) is 5.32 Å². The van der Waals surface area contributed by atoms with Gasteiger partial charge >= 0.3 is 0 Å². The zero-order valence-corrected chi connectivity index (χ0v) is 12.8. The van der Waals surface area contributed by atoms with Crippen LogP contribution in [0, 0.1) is 6.92 Å². The molecule has 0 aliphatic rings. The smallest absolute Gasteiger partial charge is 0.124 e. The molecule has 2 rings (SSSR count). The molecule has 1 heterocycles. The van der Waals surface area contributed by atoms with Gasteiger partial charge in [0.1, 0.15) is 5.75 Å². The average Bonchev–Trinajstić information content (AvgIpc) is 2.88. The summed E-state index contributed by atoms with van der Waals surface area (Å²) in [5.41, 5.74) is 3.88. The second kappa shape index (κ2) is 6.22. The molecular formula is C16H21NOS. The Hall–Kier alpha value is -1.32. The molecule has 0 fully saturated rings. The topological polar surface area (TPSA) is 21.3 Å². The van der Waals surface area contributed by atoms with Crippen molar-refractivity contribution in [1.29, 1.82) is 0 Å². The SMILES string of the molecule is CCc1ccsc1C(NC)c1cc(C)ccc1OC. The summed E-state index contributed by atoms with van der Waals surface area (Å²) in [7, 11) is 3.74. The van der Waals surface area contributed by atoms with Crippen LogP contribution in [-0.2, 0) is 6.42 Å². The highest BCUT2D eigenvalue weighted by Gasteiger charge is 2.20. The molecule has 2 aromatic rings. The molecule has 1 atom stereocenters. The largest absolute Gasteiger partial charge is 0.496 e. The lowest BCUT2D eigenvalue weighted by molar-refractivity contribution is 0.405. The number of thiophene rings is 1. The van der Waals surface area contributed by atoms with Gasteiger partial charge in [-0.15, -0.1) is 11.3 Å². The Bertz CT molecular complexity index is 547. The highest BCUT2D eigenvalue weighted by atomic mass is 32.1. The number of hydrogen-bond acceptors (Lipinski definition) is 3. The Balaban J connectivity index is 2.50. The van der Waals surface area contributed by atoms with Crippen LogP contribution in [0.2, 0.25) is 0 Å². The fraction of sp³-hybridized carbons (Fsp3) is 0.375. The minimum atomic E-state index is 0.199. The fourth-order valence-corrected chi connectivity index (χ4v) is 3.52. The number of methoxy groups -OCH3 is 1. The summed E-state index contributed by atoms with van der Waals surface area (Å²) in [5.74, 6) is 0.945. The van der Waals surface area contributed by atoms with Crippen molar-refractivity contribution >= 4 is 11.3 Å². The summed E-state index contributed by atoms with van der Waals surface area (Å²) in [6.07, 6.45) is 1.06. The normalized spacial score (nSPS) is 12.4. The number of nitrogens with one attached hydrogen (secondary N) is 1. The Labute approximate surface area is 119 Å². The predicted octanol–water partition coefficient (Wildman–Crippen LogP) is 3.94. The van der Waals surface area contributed by atoms with Gasteiger partial charge in [0.25, 0.3) is 0 Å². The van der Waals surface area contributed by atoms with E-state index in [1.807, 2.05) is 24.5 Å². The summed E-state index contributed by atoms with van der Waals surface area (Å²) in [6, 6.07) is 8.76. The van der Waals surface area contributed by atoms with Crippen molar-refractivity contribution in [2.75, 3.05) is 14.2 Å². The number of ether oxygens (including phenoxy) is 1. The fourth-order valence-electron chi connectivity index (χ4n) is 2.40. The van der Waals surface area contributed by atoms with Crippen LogP contribution in [0.1, 0.15) is 34.5 Å². The van der Waals surface area contributed by atoms with Gasteiger partial charge in [0, 0.05) is 10.4 Å². The zero-order valence-electron chi connectivity index (χ0n) is 12.0. The van der Waals surface area contributed by atoms with Gasteiger partial charge in [-0.1, -0.05) is 24.6 Å². The summed E-state index contributed by atoms with van der Waals surface area (Å²) in [4.78, 5) is 1.38. The van der Waals surface area contributed by atoms with E-state index in [1.54, 1.807) is 7.11 Å². The number of benzene rings is 1. The second-order valence-corrected chi connectivity index (χ2v) is 5.58. The molecule has 102 valence electrons. The van der Waals surface area contributed by atoms with E-state index >= 15 is 0 Å². The van der Waals surface area contributed by atoms with Crippen LogP contribution < -0.4 is 10.1 Å². The standard InChI is InChI=1S/C16H21NOS/c1-5-12-8-9-19-16(12)15(17-3)13-10-11(2)6-7-14(13)18-4/h6-10,15,17H,5H2,1-4H3. The molecule has 0 saturated carbocycles. The van der Waals surface area contributed by atoms with E-state index < -0.39 is 0 Å². The quantitative estimate of drug-likeness (QED) is 0.892. The molecule has 19 heavy (non-hydrogen) atoms. The lowest BCUT2D eigenvalue weighted by Gasteiger charge is -2.20. The summed E-state index contributed by atoms with van der Waals surface area (Å²) in [5, 5.41) is 5.60. The predicted molar refractivity (Wildman–Crippen MR) is 82.3 cm³/mol.